The predicted octanol–water partition coefficient (Wildman–Crippen LogP) is 3.19. The molecule has 2 aromatic rings. The van der Waals surface area contributed by atoms with Crippen LogP contribution in [0.3, 0.4) is 0 Å². The molecule has 2 heterocycles. The summed E-state index contributed by atoms with van der Waals surface area (Å²) in [6, 6.07) is 7.21. The predicted molar refractivity (Wildman–Crippen MR) is 89.4 cm³/mol. The largest absolute Gasteiger partial charge is 0.320 e. The summed E-state index contributed by atoms with van der Waals surface area (Å²) >= 11 is 7.51. The van der Waals surface area contributed by atoms with Crippen molar-refractivity contribution in [3.05, 3.63) is 39.5 Å². The second-order valence-electron chi connectivity index (χ2n) is 5.21. The lowest BCUT2D eigenvalue weighted by molar-refractivity contribution is -0.118. The van der Waals surface area contributed by atoms with Crippen LogP contribution in [0.5, 0.6) is 0 Å². The van der Waals surface area contributed by atoms with E-state index in [4.69, 9.17) is 11.6 Å². The van der Waals surface area contributed by atoms with Gasteiger partial charge in [0.2, 0.25) is 5.91 Å². The summed E-state index contributed by atoms with van der Waals surface area (Å²) in [6.07, 6.45) is 0. The topological polar surface area (TPSA) is 52.7 Å². The molecule has 3 rings (SSSR count). The molecule has 114 valence electrons. The van der Waals surface area contributed by atoms with E-state index >= 15 is 0 Å². The molecule has 0 saturated heterocycles. The summed E-state index contributed by atoms with van der Waals surface area (Å²) in [6.45, 7) is 0.216. The van der Waals surface area contributed by atoms with Crippen molar-refractivity contribution in [2.45, 2.75) is 0 Å². The van der Waals surface area contributed by atoms with Crippen LogP contribution in [-0.4, -0.2) is 37.4 Å². The van der Waals surface area contributed by atoms with Crippen molar-refractivity contribution >= 4 is 51.8 Å². The highest BCUT2D eigenvalue weighted by molar-refractivity contribution is 7.15. The van der Waals surface area contributed by atoms with E-state index in [1.54, 1.807) is 22.4 Å². The molecule has 0 aliphatic carbocycles. The van der Waals surface area contributed by atoms with Crippen LogP contribution >= 0.6 is 22.9 Å². The maximum Gasteiger partial charge on any atom is 0.258 e. The smallest absolute Gasteiger partial charge is 0.258 e. The second kappa shape index (κ2) is 5.72. The number of amides is 2. The van der Waals surface area contributed by atoms with Crippen molar-refractivity contribution in [3.8, 4) is 0 Å². The molecule has 0 bridgehead atoms. The number of nitrogens with one attached hydrogen (secondary N) is 1. The summed E-state index contributed by atoms with van der Waals surface area (Å²) in [5, 5.41) is 4.51. The summed E-state index contributed by atoms with van der Waals surface area (Å²) in [4.78, 5) is 28.4. The number of anilines is 3. The number of hydrogen-bond acceptors (Lipinski definition) is 4. The van der Waals surface area contributed by atoms with Gasteiger partial charge >= 0.3 is 0 Å². The molecule has 1 aromatic carbocycles. The molecule has 1 aromatic heterocycles. The fraction of sp³-hybridized carbons (Fsp3) is 0.200. The molecule has 5 nitrogen and oxygen atoms in total. The summed E-state index contributed by atoms with van der Waals surface area (Å²) in [5.41, 5.74) is 2.10. The standard InChI is InChI=1S/C15H14ClN3O2S/c1-18(2)7-12(20)19-11-6-4-3-5-10(11)17-15(21)9-8-22-14(16)13(9)19/h3-6,8H,7H2,1-2H3,(H,17,21). The van der Waals surface area contributed by atoms with E-state index in [2.05, 4.69) is 5.32 Å². The van der Waals surface area contributed by atoms with Gasteiger partial charge in [0.05, 0.1) is 29.2 Å². The number of fused-ring (bicyclic) bond motifs is 2. The Morgan fingerprint density at radius 1 is 1.36 bits per heavy atom. The first-order valence-electron chi connectivity index (χ1n) is 6.64. The fourth-order valence-corrected chi connectivity index (χ4v) is 3.46. The SMILES string of the molecule is CN(C)CC(=O)N1c2ccccc2NC(=O)c2csc(Cl)c21. The molecule has 22 heavy (non-hydrogen) atoms. The normalized spacial score (nSPS) is 13.5. The number of nitrogens with zero attached hydrogens (tertiary/aromatic N) is 2. The van der Waals surface area contributed by atoms with E-state index in [-0.39, 0.29) is 18.4 Å². The fourth-order valence-electron chi connectivity index (χ4n) is 2.38. The number of rotatable bonds is 2. The maximum absolute atomic E-state index is 12.7. The highest BCUT2D eigenvalue weighted by Crippen LogP contribution is 2.44. The first kappa shape index (κ1) is 15.0. The Labute approximate surface area is 137 Å². The van der Waals surface area contributed by atoms with E-state index in [9.17, 15) is 9.59 Å². The molecule has 1 N–H and O–H groups in total. The average Bonchev–Trinajstić information content (AvgIpc) is 2.76. The Balaban J connectivity index is 2.21. The van der Waals surface area contributed by atoms with Gasteiger partial charge in [-0.2, -0.15) is 0 Å². The highest BCUT2D eigenvalue weighted by Gasteiger charge is 2.32. The minimum Gasteiger partial charge on any atom is -0.320 e. The molecule has 0 spiro atoms. The number of likely N-dealkylation sites (N-methyl/N-ethyl adjacent to an activating group) is 1. The van der Waals surface area contributed by atoms with Gasteiger partial charge in [-0.25, -0.2) is 0 Å². The lowest BCUT2D eigenvalue weighted by Crippen LogP contribution is -2.34. The van der Waals surface area contributed by atoms with Crippen LogP contribution in [0.4, 0.5) is 17.1 Å². The van der Waals surface area contributed by atoms with Gasteiger partial charge in [0.25, 0.3) is 5.91 Å². The van der Waals surface area contributed by atoms with E-state index in [0.717, 1.165) is 0 Å². The van der Waals surface area contributed by atoms with Gasteiger partial charge in [0.15, 0.2) is 0 Å². The molecule has 1 aliphatic heterocycles. The van der Waals surface area contributed by atoms with E-state index < -0.39 is 0 Å². The summed E-state index contributed by atoms with van der Waals surface area (Å²) in [7, 11) is 3.64. The lowest BCUT2D eigenvalue weighted by Gasteiger charge is -2.24. The molecule has 1 aliphatic rings. The number of benzene rings is 1. The van der Waals surface area contributed by atoms with Crippen LogP contribution in [0.25, 0.3) is 0 Å². The minimum atomic E-state index is -0.259. The molecule has 7 heteroatoms. The third-order valence-corrected chi connectivity index (χ3v) is 4.48. The zero-order valence-electron chi connectivity index (χ0n) is 12.1. The van der Waals surface area contributed by atoms with Gasteiger partial charge in [-0.15, -0.1) is 11.3 Å². The quantitative estimate of drug-likeness (QED) is 0.917. The molecule has 2 amide bonds. The van der Waals surface area contributed by atoms with Crippen LogP contribution in [0.2, 0.25) is 4.34 Å². The maximum atomic E-state index is 12.7. The molecule has 0 atom stereocenters. The first-order chi connectivity index (χ1) is 10.5. The van der Waals surface area contributed by atoms with E-state index in [0.29, 0.717) is 27.0 Å². The summed E-state index contributed by atoms with van der Waals surface area (Å²) < 4.78 is 0.425. The van der Waals surface area contributed by atoms with E-state index in [1.807, 2.05) is 26.2 Å². The van der Waals surface area contributed by atoms with Gasteiger partial charge in [-0.3, -0.25) is 14.5 Å². The third-order valence-electron chi connectivity index (χ3n) is 3.28. The Kier molecular flexibility index (Phi) is 3.90. The molecule has 0 fully saturated rings. The van der Waals surface area contributed by atoms with Crippen molar-refractivity contribution in [3.63, 3.8) is 0 Å². The molecule has 0 radical (unpaired) electrons. The number of halogens is 1. The van der Waals surface area contributed by atoms with Crippen molar-refractivity contribution in [2.24, 2.45) is 0 Å². The molecular formula is C15H14ClN3O2S. The number of carbonyl (C=O) groups excluding carboxylic acids is 2. The van der Waals surface area contributed by atoms with Crippen LogP contribution in [0.1, 0.15) is 10.4 Å². The van der Waals surface area contributed by atoms with Gasteiger partial charge in [0, 0.05) is 5.38 Å². The van der Waals surface area contributed by atoms with Crippen molar-refractivity contribution in [1.29, 1.82) is 0 Å². The Bertz CT molecular complexity index is 757. The van der Waals surface area contributed by atoms with Crippen molar-refractivity contribution in [2.75, 3.05) is 30.9 Å². The molecular weight excluding hydrogens is 322 g/mol. The van der Waals surface area contributed by atoms with Gasteiger partial charge in [-0.05, 0) is 26.2 Å². The number of hydrogen-bond donors (Lipinski definition) is 1. The average molecular weight is 336 g/mol. The van der Waals surface area contributed by atoms with Gasteiger partial charge < -0.3 is 10.2 Å². The Morgan fingerprint density at radius 2 is 2.09 bits per heavy atom. The monoisotopic (exact) mass is 335 g/mol. The Hall–Kier alpha value is -1.89. The Morgan fingerprint density at radius 3 is 2.82 bits per heavy atom. The lowest BCUT2D eigenvalue weighted by atomic mass is 10.2. The van der Waals surface area contributed by atoms with Crippen LogP contribution in [-0.2, 0) is 4.79 Å². The zero-order valence-corrected chi connectivity index (χ0v) is 13.7. The molecule has 0 saturated carbocycles. The number of para-hydroxylation sites is 2. The zero-order chi connectivity index (χ0) is 15.9. The second-order valence-corrected chi connectivity index (χ2v) is 6.69. The number of carbonyl (C=O) groups is 2. The highest BCUT2D eigenvalue weighted by atomic mass is 35.5. The minimum absolute atomic E-state index is 0.143. The van der Waals surface area contributed by atoms with Crippen LogP contribution < -0.4 is 10.2 Å². The van der Waals surface area contributed by atoms with Crippen LogP contribution in [0, 0.1) is 0 Å². The van der Waals surface area contributed by atoms with Crippen LogP contribution in [0.15, 0.2) is 29.6 Å². The van der Waals surface area contributed by atoms with Gasteiger partial charge in [-0.1, -0.05) is 23.7 Å². The van der Waals surface area contributed by atoms with E-state index in [1.165, 1.54) is 16.2 Å². The van der Waals surface area contributed by atoms with Crippen molar-refractivity contribution < 1.29 is 9.59 Å². The first-order valence-corrected chi connectivity index (χ1v) is 7.90. The van der Waals surface area contributed by atoms with Gasteiger partial charge in [0.1, 0.15) is 4.34 Å². The molecule has 0 unspecified atom stereocenters. The van der Waals surface area contributed by atoms with Crippen molar-refractivity contribution in [1.82, 2.24) is 4.90 Å². The number of thiophene rings is 1. The third kappa shape index (κ3) is 2.49. The summed E-state index contributed by atoms with van der Waals surface area (Å²) in [5.74, 6) is -0.402.